The standard InChI is InChI=1S/C16H17N3O/c1-10-9-17-16(18-11(10)2)19-12(3)15-8-13-6-4-5-7-14(13)20-15/h4-9,12H,1-3H3,(H,17,18,19)/t12-/m1/s1. The van der Waals surface area contributed by atoms with Crippen molar-refractivity contribution in [2.75, 3.05) is 5.32 Å². The second kappa shape index (κ2) is 4.96. The summed E-state index contributed by atoms with van der Waals surface area (Å²) in [4.78, 5) is 8.72. The van der Waals surface area contributed by atoms with Crippen LogP contribution in [0.2, 0.25) is 0 Å². The van der Waals surface area contributed by atoms with Gasteiger partial charge in [0, 0.05) is 17.3 Å². The maximum Gasteiger partial charge on any atom is 0.223 e. The lowest BCUT2D eigenvalue weighted by Crippen LogP contribution is -2.09. The lowest BCUT2D eigenvalue weighted by Gasteiger charge is -2.11. The summed E-state index contributed by atoms with van der Waals surface area (Å²) in [6.45, 7) is 6.02. The van der Waals surface area contributed by atoms with E-state index in [0.29, 0.717) is 5.95 Å². The van der Waals surface area contributed by atoms with Gasteiger partial charge in [-0.15, -0.1) is 0 Å². The highest BCUT2D eigenvalue weighted by molar-refractivity contribution is 5.77. The Labute approximate surface area is 117 Å². The molecule has 0 saturated carbocycles. The maximum atomic E-state index is 5.84. The minimum absolute atomic E-state index is 0.0181. The molecule has 0 amide bonds. The molecule has 0 saturated heterocycles. The molecule has 4 heteroatoms. The minimum Gasteiger partial charge on any atom is -0.459 e. The summed E-state index contributed by atoms with van der Waals surface area (Å²) in [5, 5.41) is 4.38. The predicted molar refractivity (Wildman–Crippen MR) is 79.8 cm³/mol. The summed E-state index contributed by atoms with van der Waals surface area (Å²) in [6.07, 6.45) is 1.83. The monoisotopic (exact) mass is 267 g/mol. The number of rotatable bonds is 3. The van der Waals surface area contributed by atoms with Crippen molar-refractivity contribution in [2.24, 2.45) is 0 Å². The molecular weight excluding hydrogens is 250 g/mol. The second-order valence-corrected chi connectivity index (χ2v) is 5.01. The molecule has 4 nitrogen and oxygen atoms in total. The molecule has 0 unspecified atom stereocenters. The minimum atomic E-state index is 0.0181. The Morgan fingerprint density at radius 1 is 1.20 bits per heavy atom. The van der Waals surface area contributed by atoms with E-state index in [4.69, 9.17) is 4.42 Å². The first kappa shape index (κ1) is 12.7. The van der Waals surface area contributed by atoms with Crippen LogP contribution in [0.15, 0.2) is 40.9 Å². The quantitative estimate of drug-likeness (QED) is 0.779. The third kappa shape index (κ3) is 2.37. The van der Waals surface area contributed by atoms with E-state index in [1.165, 1.54) is 0 Å². The van der Waals surface area contributed by atoms with E-state index in [-0.39, 0.29) is 6.04 Å². The van der Waals surface area contributed by atoms with Gasteiger partial charge in [-0.1, -0.05) is 18.2 Å². The SMILES string of the molecule is Cc1cnc(N[C@H](C)c2cc3ccccc3o2)nc1C. The van der Waals surface area contributed by atoms with Crippen LogP contribution >= 0.6 is 0 Å². The van der Waals surface area contributed by atoms with Crippen molar-refractivity contribution in [1.82, 2.24) is 9.97 Å². The van der Waals surface area contributed by atoms with Gasteiger partial charge < -0.3 is 9.73 Å². The molecule has 0 fully saturated rings. The molecule has 1 atom stereocenters. The third-order valence-electron chi connectivity index (χ3n) is 3.44. The summed E-state index contributed by atoms with van der Waals surface area (Å²) in [7, 11) is 0. The summed E-state index contributed by atoms with van der Waals surface area (Å²) in [6, 6.07) is 10.1. The van der Waals surface area contributed by atoms with Crippen LogP contribution in [0.1, 0.15) is 30.0 Å². The zero-order valence-electron chi connectivity index (χ0n) is 11.8. The van der Waals surface area contributed by atoms with E-state index in [1.807, 2.05) is 57.3 Å². The Bertz CT molecular complexity index is 715. The number of furan rings is 1. The van der Waals surface area contributed by atoms with Gasteiger partial charge in [-0.25, -0.2) is 9.97 Å². The topological polar surface area (TPSA) is 51.0 Å². The molecule has 0 aliphatic heterocycles. The lowest BCUT2D eigenvalue weighted by atomic mass is 10.2. The van der Waals surface area contributed by atoms with E-state index in [0.717, 1.165) is 28.0 Å². The molecule has 3 rings (SSSR count). The second-order valence-electron chi connectivity index (χ2n) is 5.01. The fourth-order valence-electron chi connectivity index (χ4n) is 2.08. The van der Waals surface area contributed by atoms with E-state index in [1.54, 1.807) is 0 Å². The van der Waals surface area contributed by atoms with E-state index < -0.39 is 0 Å². The van der Waals surface area contributed by atoms with Crippen molar-refractivity contribution in [3.05, 3.63) is 53.5 Å². The number of aromatic nitrogens is 2. The summed E-state index contributed by atoms with van der Waals surface area (Å²) >= 11 is 0. The molecule has 102 valence electrons. The number of nitrogens with one attached hydrogen (secondary N) is 1. The number of nitrogens with zero attached hydrogens (tertiary/aromatic N) is 2. The summed E-state index contributed by atoms with van der Waals surface area (Å²) < 4.78 is 5.84. The van der Waals surface area contributed by atoms with Crippen molar-refractivity contribution in [3.8, 4) is 0 Å². The van der Waals surface area contributed by atoms with Crippen LogP contribution in [-0.2, 0) is 0 Å². The van der Waals surface area contributed by atoms with Crippen LogP contribution in [0.25, 0.3) is 11.0 Å². The fraction of sp³-hybridized carbons (Fsp3) is 0.250. The lowest BCUT2D eigenvalue weighted by molar-refractivity contribution is 0.525. The van der Waals surface area contributed by atoms with Crippen molar-refractivity contribution >= 4 is 16.9 Å². The Morgan fingerprint density at radius 2 is 2.00 bits per heavy atom. The number of benzene rings is 1. The highest BCUT2D eigenvalue weighted by Gasteiger charge is 2.12. The van der Waals surface area contributed by atoms with Gasteiger partial charge in [0.1, 0.15) is 11.3 Å². The van der Waals surface area contributed by atoms with Crippen molar-refractivity contribution in [1.29, 1.82) is 0 Å². The number of anilines is 1. The van der Waals surface area contributed by atoms with E-state index in [9.17, 15) is 0 Å². The number of para-hydroxylation sites is 1. The van der Waals surface area contributed by atoms with Crippen molar-refractivity contribution < 1.29 is 4.42 Å². The molecule has 0 radical (unpaired) electrons. The van der Waals surface area contributed by atoms with Gasteiger partial charge in [-0.05, 0) is 38.5 Å². The molecule has 2 aromatic heterocycles. The van der Waals surface area contributed by atoms with Gasteiger partial charge in [-0.2, -0.15) is 0 Å². The number of fused-ring (bicyclic) bond motifs is 1. The van der Waals surface area contributed by atoms with E-state index >= 15 is 0 Å². The average Bonchev–Trinajstić information content (AvgIpc) is 2.87. The maximum absolute atomic E-state index is 5.84. The summed E-state index contributed by atoms with van der Waals surface area (Å²) in [5.74, 6) is 1.51. The van der Waals surface area contributed by atoms with Crippen LogP contribution in [0.4, 0.5) is 5.95 Å². The Morgan fingerprint density at radius 3 is 2.75 bits per heavy atom. The van der Waals surface area contributed by atoms with Gasteiger partial charge in [0.25, 0.3) is 0 Å². The highest BCUT2D eigenvalue weighted by Crippen LogP contribution is 2.25. The predicted octanol–water partition coefficient (Wildman–Crippen LogP) is 4.01. The number of aryl methyl sites for hydroxylation is 2. The third-order valence-corrected chi connectivity index (χ3v) is 3.44. The summed E-state index contributed by atoms with van der Waals surface area (Å²) in [5.41, 5.74) is 2.98. The average molecular weight is 267 g/mol. The molecule has 0 aliphatic carbocycles. The van der Waals surface area contributed by atoms with Gasteiger partial charge in [0.15, 0.2) is 0 Å². The normalized spacial score (nSPS) is 12.6. The van der Waals surface area contributed by atoms with Gasteiger partial charge in [0.2, 0.25) is 5.95 Å². The van der Waals surface area contributed by atoms with Crippen LogP contribution < -0.4 is 5.32 Å². The molecule has 20 heavy (non-hydrogen) atoms. The molecule has 2 heterocycles. The first-order valence-electron chi connectivity index (χ1n) is 6.69. The van der Waals surface area contributed by atoms with Gasteiger partial charge in [0.05, 0.1) is 6.04 Å². The molecule has 3 aromatic rings. The Kier molecular flexibility index (Phi) is 3.14. The van der Waals surface area contributed by atoms with Crippen LogP contribution in [0.5, 0.6) is 0 Å². The van der Waals surface area contributed by atoms with Crippen molar-refractivity contribution in [2.45, 2.75) is 26.8 Å². The van der Waals surface area contributed by atoms with E-state index in [2.05, 4.69) is 15.3 Å². The highest BCUT2D eigenvalue weighted by atomic mass is 16.3. The molecule has 0 spiro atoms. The zero-order valence-corrected chi connectivity index (χ0v) is 11.8. The van der Waals surface area contributed by atoms with Crippen LogP contribution in [-0.4, -0.2) is 9.97 Å². The number of hydrogen-bond donors (Lipinski definition) is 1. The molecule has 1 N–H and O–H groups in total. The smallest absolute Gasteiger partial charge is 0.223 e. The largest absolute Gasteiger partial charge is 0.459 e. The molecule has 0 aliphatic rings. The van der Waals surface area contributed by atoms with Crippen molar-refractivity contribution in [3.63, 3.8) is 0 Å². The van der Waals surface area contributed by atoms with Crippen LogP contribution in [0.3, 0.4) is 0 Å². The molecule has 0 bridgehead atoms. The first-order valence-corrected chi connectivity index (χ1v) is 6.69. The number of hydrogen-bond acceptors (Lipinski definition) is 4. The zero-order chi connectivity index (χ0) is 14.1. The Balaban J connectivity index is 1.84. The van der Waals surface area contributed by atoms with Gasteiger partial charge in [-0.3, -0.25) is 0 Å². The first-order chi connectivity index (χ1) is 9.63. The van der Waals surface area contributed by atoms with Crippen LogP contribution in [0, 0.1) is 13.8 Å². The molecule has 1 aromatic carbocycles. The Hall–Kier alpha value is -2.36. The fourth-order valence-corrected chi connectivity index (χ4v) is 2.08. The van der Waals surface area contributed by atoms with Gasteiger partial charge >= 0.3 is 0 Å². The molecular formula is C16H17N3O.